The van der Waals surface area contributed by atoms with Crippen molar-refractivity contribution in [2.45, 2.75) is 45.1 Å². The van der Waals surface area contributed by atoms with E-state index in [1.807, 2.05) is 13.8 Å². The van der Waals surface area contributed by atoms with E-state index in [4.69, 9.17) is 22.1 Å². The molecular formula is C16H26Cl2N4O2. The quantitative estimate of drug-likeness (QED) is 0.771. The maximum atomic E-state index is 12.7. The average molecular weight is 377 g/mol. The van der Waals surface area contributed by atoms with Gasteiger partial charge in [0.15, 0.2) is 5.69 Å². The van der Waals surface area contributed by atoms with Crippen LogP contribution in [0.3, 0.4) is 0 Å². The lowest BCUT2D eigenvalue weighted by atomic mass is 10.1. The van der Waals surface area contributed by atoms with E-state index in [0.717, 1.165) is 19.3 Å². The number of carbonyl (C=O) groups excluding carboxylic acids is 1. The number of likely N-dealkylation sites (tertiary alicyclic amines) is 1. The molecule has 0 saturated carbocycles. The minimum absolute atomic E-state index is 0. The Morgan fingerprint density at radius 1 is 1.46 bits per heavy atom. The molecule has 2 heterocycles. The second kappa shape index (κ2) is 10.1. The van der Waals surface area contributed by atoms with Crippen molar-refractivity contribution >= 4 is 29.9 Å². The van der Waals surface area contributed by atoms with Gasteiger partial charge in [-0.25, -0.2) is 9.97 Å². The second-order valence-electron chi connectivity index (χ2n) is 6.08. The fraction of sp³-hybridized carbons (Fsp3) is 0.688. The molecule has 8 heteroatoms. The topological polar surface area (TPSA) is 81.3 Å². The SMILES string of the molecule is CC(C)c1ncc(Cl)c(C(=O)N2CCC(OCCCN)CC2)n1.Cl. The van der Waals surface area contributed by atoms with Gasteiger partial charge in [0.2, 0.25) is 0 Å². The number of carbonyl (C=O) groups is 1. The molecule has 2 N–H and O–H groups in total. The molecule has 1 aromatic heterocycles. The fourth-order valence-electron chi connectivity index (χ4n) is 2.52. The zero-order valence-corrected chi connectivity index (χ0v) is 15.8. The molecule has 1 amide bonds. The number of hydrogen-bond donors (Lipinski definition) is 1. The summed E-state index contributed by atoms with van der Waals surface area (Å²) in [6.45, 7) is 6.61. The summed E-state index contributed by atoms with van der Waals surface area (Å²) in [6, 6.07) is 0. The number of rotatable bonds is 6. The van der Waals surface area contributed by atoms with E-state index in [1.165, 1.54) is 6.20 Å². The highest BCUT2D eigenvalue weighted by molar-refractivity contribution is 6.33. The second-order valence-corrected chi connectivity index (χ2v) is 6.49. The summed E-state index contributed by atoms with van der Waals surface area (Å²) in [5.74, 6) is 0.665. The maximum absolute atomic E-state index is 12.7. The molecule has 0 aliphatic carbocycles. The standard InChI is InChI=1S/C16H25ClN4O2.ClH/c1-11(2)15-19-10-13(17)14(20-15)16(22)21-7-4-12(5-8-21)23-9-3-6-18;/h10-12H,3-9,18H2,1-2H3;1H. The van der Waals surface area contributed by atoms with Crippen molar-refractivity contribution in [2.24, 2.45) is 5.73 Å². The first-order valence-electron chi connectivity index (χ1n) is 8.16. The first kappa shape index (κ1) is 21.1. The normalized spacial score (nSPS) is 15.5. The van der Waals surface area contributed by atoms with Crippen molar-refractivity contribution in [3.63, 3.8) is 0 Å². The highest BCUT2D eigenvalue weighted by atomic mass is 35.5. The molecule has 2 rings (SSSR count). The lowest BCUT2D eigenvalue weighted by Gasteiger charge is -2.32. The summed E-state index contributed by atoms with van der Waals surface area (Å²) in [6.07, 6.45) is 4.25. The summed E-state index contributed by atoms with van der Waals surface area (Å²) in [5, 5.41) is 0.306. The van der Waals surface area contributed by atoms with Crippen LogP contribution in [0.2, 0.25) is 5.02 Å². The number of piperidine rings is 1. The first-order chi connectivity index (χ1) is 11.0. The number of nitrogens with zero attached hydrogens (tertiary/aromatic N) is 3. The van der Waals surface area contributed by atoms with Crippen LogP contribution in [0.15, 0.2) is 6.20 Å². The maximum Gasteiger partial charge on any atom is 0.274 e. The zero-order chi connectivity index (χ0) is 16.8. The van der Waals surface area contributed by atoms with Crippen LogP contribution in [-0.2, 0) is 4.74 Å². The van der Waals surface area contributed by atoms with Crippen LogP contribution >= 0.6 is 24.0 Å². The van der Waals surface area contributed by atoms with Gasteiger partial charge < -0.3 is 15.4 Å². The molecule has 0 bridgehead atoms. The largest absolute Gasteiger partial charge is 0.378 e. The van der Waals surface area contributed by atoms with Gasteiger partial charge in [0.1, 0.15) is 5.82 Å². The third kappa shape index (κ3) is 5.55. The predicted molar refractivity (Wildman–Crippen MR) is 96.9 cm³/mol. The minimum Gasteiger partial charge on any atom is -0.378 e. The Balaban J connectivity index is 0.00000288. The number of hydrogen-bond acceptors (Lipinski definition) is 5. The Bertz CT molecular complexity index is 535. The van der Waals surface area contributed by atoms with Gasteiger partial charge in [-0.3, -0.25) is 4.79 Å². The van der Waals surface area contributed by atoms with Gasteiger partial charge in [0, 0.05) is 25.6 Å². The molecule has 1 saturated heterocycles. The molecule has 136 valence electrons. The molecule has 1 aromatic rings. The molecule has 6 nitrogen and oxygen atoms in total. The van der Waals surface area contributed by atoms with E-state index in [0.29, 0.717) is 42.8 Å². The molecule has 1 aliphatic heterocycles. The smallest absolute Gasteiger partial charge is 0.274 e. The monoisotopic (exact) mass is 376 g/mol. The van der Waals surface area contributed by atoms with E-state index in [9.17, 15) is 4.79 Å². The van der Waals surface area contributed by atoms with Crippen molar-refractivity contribution < 1.29 is 9.53 Å². The Morgan fingerprint density at radius 3 is 2.71 bits per heavy atom. The van der Waals surface area contributed by atoms with Crippen LogP contribution in [0, 0.1) is 0 Å². The van der Waals surface area contributed by atoms with E-state index < -0.39 is 0 Å². The van der Waals surface area contributed by atoms with Gasteiger partial charge in [-0.05, 0) is 25.8 Å². The summed E-state index contributed by atoms with van der Waals surface area (Å²) in [4.78, 5) is 23.0. The Labute approximate surface area is 154 Å². The van der Waals surface area contributed by atoms with Crippen LogP contribution < -0.4 is 5.73 Å². The molecule has 0 unspecified atom stereocenters. The van der Waals surface area contributed by atoms with E-state index in [1.54, 1.807) is 4.90 Å². The van der Waals surface area contributed by atoms with Crippen LogP contribution in [0.1, 0.15) is 55.3 Å². The minimum atomic E-state index is -0.125. The van der Waals surface area contributed by atoms with Crippen molar-refractivity contribution in [2.75, 3.05) is 26.2 Å². The van der Waals surface area contributed by atoms with Gasteiger partial charge >= 0.3 is 0 Å². The van der Waals surface area contributed by atoms with E-state index >= 15 is 0 Å². The number of halogens is 2. The van der Waals surface area contributed by atoms with Gasteiger partial charge in [0.25, 0.3) is 5.91 Å². The van der Waals surface area contributed by atoms with E-state index in [2.05, 4.69) is 9.97 Å². The summed E-state index contributed by atoms with van der Waals surface area (Å²) in [7, 11) is 0. The fourth-order valence-corrected chi connectivity index (χ4v) is 2.69. The van der Waals surface area contributed by atoms with Gasteiger partial charge in [-0.1, -0.05) is 25.4 Å². The molecule has 24 heavy (non-hydrogen) atoms. The van der Waals surface area contributed by atoms with Crippen molar-refractivity contribution in [1.29, 1.82) is 0 Å². The third-order valence-corrected chi connectivity index (χ3v) is 4.19. The highest BCUT2D eigenvalue weighted by Crippen LogP contribution is 2.21. The van der Waals surface area contributed by atoms with Gasteiger partial charge in [0.05, 0.1) is 17.3 Å². The predicted octanol–water partition coefficient (Wildman–Crippen LogP) is 2.65. The first-order valence-corrected chi connectivity index (χ1v) is 8.54. The van der Waals surface area contributed by atoms with Crippen molar-refractivity contribution in [3.8, 4) is 0 Å². The Hall–Kier alpha value is -0.950. The van der Waals surface area contributed by atoms with Crippen LogP contribution in [-0.4, -0.2) is 53.1 Å². The number of nitrogens with two attached hydrogens (primary N) is 1. The Kier molecular flexibility index (Phi) is 8.91. The average Bonchev–Trinajstić information content (AvgIpc) is 2.55. The van der Waals surface area contributed by atoms with Crippen molar-refractivity contribution in [3.05, 3.63) is 22.7 Å². The molecule has 0 atom stereocenters. The van der Waals surface area contributed by atoms with Gasteiger partial charge in [-0.15, -0.1) is 12.4 Å². The molecule has 0 spiro atoms. The molecule has 0 aromatic carbocycles. The zero-order valence-electron chi connectivity index (χ0n) is 14.2. The third-order valence-electron chi connectivity index (χ3n) is 3.91. The summed E-state index contributed by atoms with van der Waals surface area (Å²) in [5.41, 5.74) is 5.76. The molecule has 0 radical (unpaired) electrons. The number of ether oxygens (including phenoxy) is 1. The number of aromatic nitrogens is 2. The lowest BCUT2D eigenvalue weighted by Crippen LogP contribution is -2.41. The van der Waals surface area contributed by atoms with Gasteiger partial charge in [-0.2, -0.15) is 0 Å². The number of amides is 1. The lowest BCUT2D eigenvalue weighted by molar-refractivity contribution is 0.00828. The van der Waals surface area contributed by atoms with Crippen LogP contribution in [0.25, 0.3) is 0 Å². The summed E-state index contributed by atoms with van der Waals surface area (Å²) < 4.78 is 5.76. The van der Waals surface area contributed by atoms with Crippen LogP contribution in [0.5, 0.6) is 0 Å². The van der Waals surface area contributed by atoms with Crippen molar-refractivity contribution in [1.82, 2.24) is 14.9 Å². The Morgan fingerprint density at radius 2 is 2.12 bits per heavy atom. The highest BCUT2D eigenvalue weighted by Gasteiger charge is 2.26. The summed E-state index contributed by atoms with van der Waals surface area (Å²) >= 11 is 6.12. The van der Waals surface area contributed by atoms with E-state index in [-0.39, 0.29) is 30.3 Å². The molecule has 1 aliphatic rings. The van der Waals surface area contributed by atoms with Crippen LogP contribution in [0.4, 0.5) is 0 Å². The molecule has 1 fully saturated rings. The molecular weight excluding hydrogens is 351 g/mol.